The fourth-order valence-corrected chi connectivity index (χ4v) is 2.39. The van der Waals surface area contributed by atoms with Gasteiger partial charge in [0, 0.05) is 5.69 Å². The molecule has 8 heteroatoms. The van der Waals surface area contributed by atoms with E-state index >= 15 is 0 Å². The maximum absolute atomic E-state index is 13.2. The largest absolute Gasteiger partial charge is 0.319 e. The van der Waals surface area contributed by atoms with Crippen LogP contribution in [0.25, 0.3) is 0 Å². The zero-order valence-electron chi connectivity index (χ0n) is 13.2. The normalized spacial score (nSPS) is 14.0. The molecule has 0 saturated carbocycles. The Balaban J connectivity index is 1.75. The number of rotatable bonds is 3. The molecule has 2 N–H and O–H groups in total. The summed E-state index contributed by atoms with van der Waals surface area (Å²) in [6.45, 7) is 1.77. The van der Waals surface area contributed by atoms with E-state index in [0.29, 0.717) is 11.4 Å². The van der Waals surface area contributed by atoms with Crippen LogP contribution in [0.15, 0.2) is 47.5 Å². The number of amidine groups is 1. The summed E-state index contributed by atoms with van der Waals surface area (Å²) in [7, 11) is 0. The van der Waals surface area contributed by atoms with Crippen molar-refractivity contribution in [2.45, 2.75) is 6.92 Å². The van der Waals surface area contributed by atoms with E-state index in [1.54, 1.807) is 12.1 Å². The molecule has 25 heavy (non-hydrogen) atoms. The number of nitrogens with zero attached hydrogens (tertiary/aromatic N) is 2. The van der Waals surface area contributed by atoms with E-state index in [2.05, 4.69) is 15.7 Å². The smallest absolute Gasteiger partial charge is 0.292 e. The maximum atomic E-state index is 13.2. The number of hydrogen-bond donors (Lipinski definition) is 2. The minimum absolute atomic E-state index is 0.0272. The van der Waals surface area contributed by atoms with Crippen LogP contribution in [0.4, 0.5) is 15.8 Å². The summed E-state index contributed by atoms with van der Waals surface area (Å²) in [5.41, 5.74) is 4.67. The lowest BCUT2D eigenvalue weighted by Crippen LogP contribution is -2.54. The van der Waals surface area contributed by atoms with Crippen LogP contribution in [0.2, 0.25) is 5.02 Å². The van der Waals surface area contributed by atoms with Crippen molar-refractivity contribution in [3.05, 3.63) is 58.9 Å². The van der Waals surface area contributed by atoms with Crippen LogP contribution in [0, 0.1) is 12.7 Å². The summed E-state index contributed by atoms with van der Waals surface area (Å²) >= 11 is 5.69. The molecule has 0 atom stereocenters. The van der Waals surface area contributed by atoms with Crippen LogP contribution in [-0.4, -0.2) is 24.2 Å². The molecule has 0 spiro atoms. The highest BCUT2D eigenvalue weighted by Gasteiger charge is 2.25. The summed E-state index contributed by atoms with van der Waals surface area (Å²) in [6, 6.07) is 11.1. The number of aryl methyl sites for hydroxylation is 1. The molecule has 1 aliphatic rings. The second-order valence-electron chi connectivity index (χ2n) is 5.42. The molecule has 2 aromatic carbocycles. The zero-order valence-corrected chi connectivity index (χ0v) is 14.0. The Hall–Kier alpha value is -2.93. The van der Waals surface area contributed by atoms with Gasteiger partial charge in [-0.25, -0.2) is 9.40 Å². The van der Waals surface area contributed by atoms with Gasteiger partial charge in [0.05, 0.1) is 10.7 Å². The second-order valence-corrected chi connectivity index (χ2v) is 5.83. The topological polar surface area (TPSA) is 73.8 Å². The fraction of sp³-hybridized carbons (Fsp3) is 0.118. The quantitative estimate of drug-likeness (QED) is 0.883. The Labute approximate surface area is 148 Å². The molecule has 0 saturated heterocycles. The van der Waals surface area contributed by atoms with E-state index < -0.39 is 11.7 Å². The van der Waals surface area contributed by atoms with E-state index in [4.69, 9.17) is 11.6 Å². The molecule has 128 valence electrons. The second kappa shape index (κ2) is 6.90. The molecule has 0 radical (unpaired) electrons. The zero-order chi connectivity index (χ0) is 18.0. The van der Waals surface area contributed by atoms with Gasteiger partial charge in [-0.1, -0.05) is 29.3 Å². The van der Waals surface area contributed by atoms with Crippen LogP contribution in [-0.2, 0) is 9.59 Å². The van der Waals surface area contributed by atoms with Crippen LogP contribution in [0.1, 0.15) is 5.56 Å². The van der Waals surface area contributed by atoms with Gasteiger partial charge in [-0.15, -0.1) is 0 Å². The molecule has 2 aromatic rings. The number of halogens is 2. The Morgan fingerprint density at radius 2 is 2.00 bits per heavy atom. The van der Waals surface area contributed by atoms with Gasteiger partial charge < -0.3 is 5.32 Å². The monoisotopic (exact) mass is 360 g/mol. The average molecular weight is 361 g/mol. The number of carbonyl (C=O) groups is 2. The Bertz CT molecular complexity index is 867. The first-order valence-corrected chi connectivity index (χ1v) is 7.79. The molecular weight excluding hydrogens is 347 g/mol. The molecule has 1 heterocycles. The number of hydrazine groups is 1. The third-order valence-corrected chi connectivity index (χ3v) is 3.81. The van der Waals surface area contributed by atoms with Gasteiger partial charge in [-0.05, 0) is 37.3 Å². The van der Waals surface area contributed by atoms with Crippen LogP contribution < -0.4 is 15.8 Å². The van der Waals surface area contributed by atoms with Gasteiger partial charge in [0.25, 0.3) is 11.8 Å². The van der Waals surface area contributed by atoms with E-state index in [1.807, 2.05) is 19.1 Å². The lowest BCUT2D eigenvalue weighted by Gasteiger charge is -2.27. The lowest BCUT2D eigenvalue weighted by atomic mass is 10.2. The summed E-state index contributed by atoms with van der Waals surface area (Å²) in [6.07, 6.45) is 0. The number of hydrogen-bond acceptors (Lipinski definition) is 4. The van der Waals surface area contributed by atoms with Crippen molar-refractivity contribution in [1.29, 1.82) is 0 Å². The Morgan fingerprint density at radius 3 is 2.68 bits per heavy atom. The minimum Gasteiger partial charge on any atom is -0.319 e. The molecule has 1 aliphatic heterocycles. The average Bonchev–Trinajstić information content (AvgIpc) is 2.59. The van der Waals surface area contributed by atoms with Gasteiger partial charge in [0.1, 0.15) is 12.4 Å². The van der Waals surface area contributed by atoms with E-state index in [1.165, 1.54) is 17.1 Å². The van der Waals surface area contributed by atoms with E-state index in [9.17, 15) is 14.0 Å². The van der Waals surface area contributed by atoms with Crippen molar-refractivity contribution in [2.75, 3.05) is 16.9 Å². The van der Waals surface area contributed by atoms with Gasteiger partial charge in [0.2, 0.25) is 5.84 Å². The first kappa shape index (κ1) is 16.9. The summed E-state index contributed by atoms with van der Waals surface area (Å²) in [5, 5.41) is 3.71. The molecular formula is C17H14ClFN4O2. The molecule has 0 bridgehead atoms. The van der Waals surface area contributed by atoms with E-state index in [0.717, 1.165) is 11.6 Å². The number of benzene rings is 2. The van der Waals surface area contributed by atoms with Crippen molar-refractivity contribution >= 4 is 40.6 Å². The molecule has 0 aromatic heterocycles. The van der Waals surface area contributed by atoms with Crippen molar-refractivity contribution in [1.82, 2.24) is 5.43 Å². The molecule has 0 unspecified atom stereocenters. The van der Waals surface area contributed by atoms with Crippen molar-refractivity contribution in [3.63, 3.8) is 0 Å². The number of carbonyl (C=O) groups excluding carboxylic acids is 2. The van der Waals surface area contributed by atoms with Crippen molar-refractivity contribution in [2.24, 2.45) is 4.99 Å². The number of amides is 2. The Morgan fingerprint density at radius 1 is 1.28 bits per heavy atom. The molecule has 2 amide bonds. The third kappa shape index (κ3) is 3.77. The highest BCUT2D eigenvalue weighted by molar-refractivity contribution is 6.43. The van der Waals surface area contributed by atoms with Crippen LogP contribution >= 0.6 is 11.6 Å². The predicted octanol–water partition coefficient (Wildman–Crippen LogP) is 2.68. The lowest BCUT2D eigenvalue weighted by molar-refractivity contribution is -0.118. The summed E-state index contributed by atoms with van der Waals surface area (Å²) in [5.74, 6) is -1.46. The number of aliphatic imine (C=N–C) groups is 1. The molecule has 0 aliphatic carbocycles. The predicted molar refractivity (Wildman–Crippen MR) is 94.1 cm³/mol. The fourth-order valence-electron chi connectivity index (χ4n) is 2.21. The summed E-state index contributed by atoms with van der Waals surface area (Å²) < 4.78 is 13.2. The number of anilines is 2. The highest BCUT2D eigenvalue weighted by atomic mass is 35.5. The molecule has 3 rings (SSSR count). The maximum Gasteiger partial charge on any atom is 0.292 e. The van der Waals surface area contributed by atoms with Gasteiger partial charge >= 0.3 is 0 Å². The highest BCUT2D eigenvalue weighted by Crippen LogP contribution is 2.20. The van der Waals surface area contributed by atoms with Crippen LogP contribution in [0.5, 0.6) is 0 Å². The standard InChI is InChI=1S/C17H14ClFN4O2/c1-10-2-5-12(6-3-10)23-15(24)9-20-16(22-23)17(25)21-11-4-7-14(19)13(18)8-11/h2-8H,9H2,1H3,(H,20,22)(H,21,25). The molecule has 0 fully saturated rings. The van der Waals surface area contributed by atoms with Gasteiger partial charge in [-0.2, -0.15) is 0 Å². The first-order chi connectivity index (χ1) is 11.9. The van der Waals surface area contributed by atoms with Crippen molar-refractivity contribution in [3.8, 4) is 0 Å². The molecule has 6 nitrogen and oxygen atoms in total. The van der Waals surface area contributed by atoms with Gasteiger partial charge in [0.15, 0.2) is 0 Å². The number of nitrogens with one attached hydrogen (secondary N) is 2. The minimum atomic E-state index is -0.580. The van der Waals surface area contributed by atoms with Crippen LogP contribution in [0.3, 0.4) is 0 Å². The SMILES string of the molecule is Cc1ccc(N2NC(C(=O)Nc3ccc(F)c(Cl)c3)=NCC2=O)cc1. The van der Waals surface area contributed by atoms with Gasteiger partial charge in [-0.3, -0.25) is 20.0 Å². The van der Waals surface area contributed by atoms with Crippen molar-refractivity contribution < 1.29 is 14.0 Å². The van der Waals surface area contributed by atoms with E-state index in [-0.39, 0.29) is 23.3 Å². The Kier molecular flexibility index (Phi) is 4.67. The first-order valence-electron chi connectivity index (χ1n) is 7.41. The third-order valence-electron chi connectivity index (χ3n) is 3.52. The summed E-state index contributed by atoms with van der Waals surface area (Å²) in [4.78, 5) is 28.3.